The van der Waals surface area contributed by atoms with E-state index in [1.807, 2.05) is 24.3 Å². The van der Waals surface area contributed by atoms with Crippen LogP contribution >= 0.6 is 11.3 Å². The quantitative estimate of drug-likeness (QED) is 0.746. The van der Waals surface area contributed by atoms with Gasteiger partial charge in [0.2, 0.25) is 0 Å². The minimum atomic E-state index is -0.937. The number of methoxy groups -OCH3 is 1. The smallest absolute Gasteiger partial charge is 0.305 e. The fraction of sp³-hybridized carbons (Fsp3) is 0.421. The summed E-state index contributed by atoms with van der Waals surface area (Å²) in [5, 5.41) is 11.4. The lowest BCUT2D eigenvalue weighted by molar-refractivity contribution is -0.137. The van der Waals surface area contributed by atoms with E-state index in [2.05, 4.69) is 4.98 Å². The molecule has 1 aliphatic rings. The topological polar surface area (TPSA) is 89.0 Å². The second-order valence-corrected chi connectivity index (χ2v) is 7.13. The summed E-state index contributed by atoms with van der Waals surface area (Å²) in [5.74, 6) is -0.523. The van der Waals surface area contributed by atoms with Gasteiger partial charge in [0.25, 0.3) is 5.91 Å². The maximum atomic E-state index is 12.9. The van der Waals surface area contributed by atoms with Crippen LogP contribution in [-0.2, 0) is 9.53 Å². The maximum Gasteiger partial charge on any atom is 0.305 e. The van der Waals surface area contributed by atoms with Crippen molar-refractivity contribution in [3.05, 3.63) is 35.3 Å². The Morgan fingerprint density at radius 3 is 2.93 bits per heavy atom. The van der Waals surface area contributed by atoms with Crippen LogP contribution in [0.25, 0.3) is 10.6 Å². The lowest BCUT2D eigenvalue weighted by Gasteiger charge is -2.24. The van der Waals surface area contributed by atoms with E-state index in [1.54, 1.807) is 12.5 Å². The molecule has 0 saturated carbocycles. The molecule has 8 heteroatoms. The highest BCUT2D eigenvalue weighted by Crippen LogP contribution is 2.32. The summed E-state index contributed by atoms with van der Waals surface area (Å²) in [6, 6.07) is 7.49. The highest BCUT2D eigenvalue weighted by molar-refractivity contribution is 7.13. The van der Waals surface area contributed by atoms with E-state index in [0.717, 1.165) is 18.4 Å². The van der Waals surface area contributed by atoms with Gasteiger partial charge in [0.1, 0.15) is 16.5 Å². The first-order valence-corrected chi connectivity index (χ1v) is 9.68. The van der Waals surface area contributed by atoms with Gasteiger partial charge in [0, 0.05) is 25.1 Å². The SMILES string of the molecule is COc1ccccc1-c1nc(C(=O)N(CCC(=O)O)C[C@H]2CCCO2)cs1. The normalized spacial score (nSPS) is 16.3. The van der Waals surface area contributed by atoms with E-state index in [9.17, 15) is 9.59 Å². The fourth-order valence-corrected chi connectivity index (χ4v) is 3.84. The van der Waals surface area contributed by atoms with Crippen molar-refractivity contribution in [2.45, 2.75) is 25.4 Å². The van der Waals surface area contributed by atoms with Crippen LogP contribution in [0.2, 0.25) is 0 Å². The van der Waals surface area contributed by atoms with E-state index in [-0.39, 0.29) is 25.0 Å². The third kappa shape index (κ3) is 4.84. The minimum absolute atomic E-state index is 0.0462. The van der Waals surface area contributed by atoms with Gasteiger partial charge in [0.05, 0.1) is 25.2 Å². The number of thiazole rings is 1. The van der Waals surface area contributed by atoms with Crippen molar-refractivity contribution in [3.8, 4) is 16.3 Å². The van der Waals surface area contributed by atoms with Gasteiger partial charge < -0.3 is 19.5 Å². The summed E-state index contributed by atoms with van der Waals surface area (Å²) in [6.45, 7) is 1.20. The van der Waals surface area contributed by atoms with Crippen molar-refractivity contribution in [1.29, 1.82) is 0 Å². The molecule has 7 nitrogen and oxygen atoms in total. The molecule has 2 heterocycles. The Hall–Kier alpha value is -2.45. The number of nitrogens with zero attached hydrogens (tertiary/aromatic N) is 2. The molecule has 0 spiro atoms. The molecular weight excluding hydrogens is 368 g/mol. The molecule has 1 fully saturated rings. The molecular formula is C19H22N2O5S. The third-order valence-electron chi connectivity index (χ3n) is 4.39. The van der Waals surface area contributed by atoms with Gasteiger partial charge in [0.15, 0.2) is 0 Å². The molecule has 1 atom stereocenters. The van der Waals surface area contributed by atoms with Crippen LogP contribution in [0.1, 0.15) is 29.8 Å². The first kappa shape index (κ1) is 19.3. The average molecular weight is 390 g/mol. The van der Waals surface area contributed by atoms with Crippen LogP contribution in [0.3, 0.4) is 0 Å². The number of hydrogen-bond acceptors (Lipinski definition) is 6. The Balaban J connectivity index is 1.78. The van der Waals surface area contributed by atoms with Crippen LogP contribution in [0, 0.1) is 0 Å². The maximum absolute atomic E-state index is 12.9. The number of carbonyl (C=O) groups is 2. The molecule has 1 saturated heterocycles. The zero-order valence-electron chi connectivity index (χ0n) is 15.1. The second-order valence-electron chi connectivity index (χ2n) is 6.27. The van der Waals surface area contributed by atoms with E-state index >= 15 is 0 Å². The number of amides is 1. The van der Waals surface area contributed by atoms with Gasteiger partial charge in [-0.15, -0.1) is 11.3 Å². The first-order chi connectivity index (χ1) is 13.1. The Bertz CT molecular complexity index is 801. The fourth-order valence-electron chi connectivity index (χ4n) is 3.02. The lowest BCUT2D eigenvalue weighted by atomic mass is 10.2. The highest BCUT2D eigenvalue weighted by Gasteiger charge is 2.25. The molecule has 1 aromatic heterocycles. The van der Waals surface area contributed by atoms with Crippen LogP contribution in [-0.4, -0.2) is 59.8 Å². The molecule has 1 N–H and O–H groups in total. The van der Waals surface area contributed by atoms with Crippen molar-refractivity contribution in [2.75, 3.05) is 26.8 Å². The summed E-state index contributed by atoms with van der Waals surface area (Å²) in [7, 11) is 1.59. The number of carbonyl (C=O) groups excluding carboxylic acids is 1. The second kappa shape index (κ2) is 8.96. The summed E-state index contributed by atoms with van der Waals surface area (Å²) in [6.07, 6.45) is 1.68. The molecule has 0 aliphatic carbocycles. The number of rotatable bonds is 8. The number of aromatic nitrogens is 1. The number of hydrogen-bond donors (Lipinski definition) is 1. The molecule has 0 radical (unpaired) electrons. The van der Waals surface area contributed by atoms with E-state index in [4.69, 9.17) is 14.6 Å². The van der Waals surface area contributed by atoms with Crippen molar-refractivity contribution in [3.63, 3.8) is 0 Å². The van der Waals surface area contributed by atoms with Crippen molar-refractivity contribution < 1.29 is 24.2 Å². The van der Waals surface area contributed by atoms with Gasteiger partial charge in [-0.3, -0.25) is 9.59 Å². The number of carboxylic acid groups (broad SMARTS) is 1. The number of para-hydroxylation sites is 1. The third-order valence-corrected chi connectivity index (χ3v) is 5.27. The molecule has 2 aromatic rings. The van der Waals surface area contributed by atoms with Gasteiger partial charge >= 0.3 is 5.97 Å². The van der Waals surface area contributed by atoms with Crippen LogP contribution in [0.15, 0.2) is 29.6 Å². The Kier molecular flexibility index (Phi) is 6.41. The minimum Gasteiger partial charge on any atom is -0.496 e. The number of benzene rings is 1. The van der Waals surface area contributed by atoms with E-state index in [0.29, 0.717) is 29.6 Å². The van der Waals surface area contributed by atoms with Gasteiger partial charge in [-0.05, 0) is 25.0 Å². The molecule has 144 valence electrons. The molecule has 3 rings (SSSR count). The lowest BCUT2D eigenvalue weighted by Crippen LogP contribution is -2.39. The summed E-state index contributed by atoms with van der Waals surface area (Å²) >= 11 is 1.36. The number of aliphatic carboxylic acids is 1. The Morgan fingerprint density at radius 2 is 2.22 bits per heavy atom. The van der Waals surface area contributed by atoms with Crippen LogP contribution in [0.5, 0.6) is 5.75 Å². The van der Waals surface area contributed by atoms with Gasteiger partial charge in [-0.1, -0.05) is 12.1 Å². The first-order valence-electron chi connectivity index (χ1n) is 8.80. The van der Waals surface area contributed by atoms with E-state index < -0.39 is 5.97 Å². The summed E-state index contributed by atoms with van der Waals surface area (Å²) in [4.78, 5) is 29.9. The molecule has 0 bridgehead atoms. The van der Waals surface area contributed by atoms with Crippen molar-refractivity contribution >= 4 is 23.2 Å². The molecule has 27 heavy (non-hydrogen) atoms. The van der Waals surface area contributed by atoms with Crippen LogP contribution < -0.4 is 4.74 Å². The molecule has 0 unspecified atom stereocenters. The van der Waals surface area contributed by atoms with Crippen molar-refractivity contribution in [1.82, 2.24) is 9.88 Å². The predicted molar refractivity (Wildman–Crippen MR) is 101 cm³/mol. The zero-order chi connectivity index (χ0) is 19.2. The average Bonchev–Trinajstić information content (AvgIpc) is 3.36. The summed E-state index contributed by atoms with van der Waals surface area (Å²) < 4.78 is 11.0. The Morgan fingerprint density at radius 1 is 1.41 bits per heavy atom. The van der Waals surface area contributed by atoms with E-state index in [1.165, 1.54) is 16.2 Å². The number of ether oxygens (including phenoxy) is 2. The number of carboxylic acids is 1. The standard InChI is InChI=1S/C19H22N2O5S/c1-25-16-7-3-2-6-14(16)18-20-15(12-27-18)19(24)21(9-8-17(22)23)11-13-5-4-10-26-13/h2-3,6-7,12-13H,4-5,8-11H2,1H3,(H,22,23)/t13-/m1/s1. The van der Waals surface area contributed by atoms with Gasteiger partial charge in [-0.25, -0.2) is 4.98 Å². The van der Waals surface area contributed by atoms with Crippen LogP contribution in [0.4, 0.5) is 0 Å². The summed E-state index contributed by atoms with van der Waals surface area (Å²) in [5.41, 5.74) is 1.13. The predicted octanol–water partition coefficient (Wildman–Crippen LogP) is 2.91. The molecule has 1 amide bonds. The molecule has 1 aromatic carbocycles. The van der Waals surface area contributed by atoms with Gasteiger partial charge in [-0.2, -0.15) is 0 Å². The Labute approximate surface area is 161 Å². The highest BCUT2D eigenvalue weighted by atomic mass is 32.1. The van der Waals surface area contributed by atoms with Crippen molar-refractivity contribution in [2.24, 2.45) is 0 Å². The monoisotopic (exact) mass is 390 g/mol. The largest absolute Gasteiger partial charge is 0.496 e. The zero-order valence-corrected chi connectivity index (χ0v) is 15.9. The molecule has 1 aliphatic heterocycles.